The molecule has 0 aliphatic heterocycles. The number of rotatable bonds is 6. The molecule has 1 aromatic heterocycles. The number of nitrogens with one attached hydrogen (secondary N) is 2. The van der Waals surface area contributed by atoms with Crippen LogP contribution in [0.3, 0.4) is 0 Å². The van der Waals surface area contributed by atoms with Crippen molar-refractivity contribution >= 4 is 17.7 Å². The molecule has 0 aromatic carbocycles. The van der Waals surface area contributed by atoms with E-state index in [1.807, 2.05) is 6.92 Å². The minimum Gasteiger partial charge on any atom is -0.352 e. The molecule has 0 atom stereocenters. The first-order chi connectivity index (χ1) is 8.15. The van der Waals surface area contributed by atoms with E-state index in [0.29, 0.717) is 18.1 Å². The summed E-state index contributed by atoms with van der Waals surface area (Å²) in [5.74, 6) is 0.115. The molecule has 2 N–H and O–H groups in total. The summed E-state index contributed by atoms with van der Waals surface area (Å²) in [5.41, 5.74) is 0.536. The monoisotopic (exact) mass is 253 g/mol. The minimum absolute atomic E-state index is 0.112. The highest BCUT2D eigenvalue weighted by Crippen LogP contribution is 2.10. The number of H-pyrrole nitrogens is 1. The first kappa shape index (κ1) is 13.5. The van der Waals surface area contributed by atoms with E-state index in [0.717, 1.165) is 5.69 Å². The standard InChI is InChI=1S/C11H15N3O2S/c1-3-5-12-10(16)7-17-11-13-8(4-2)6-9(15)14-11/h3,6H,1,4-5,7H2,2H3,(H,12,16)(H,13,14,15). The van der Waals surface area contributed by atoms with E-state index < -0.39 is 0 Å². The first-order valence-corrected chi connectivity index (χ1v) is 6.25. The number of aromatic nitrogens is 2. The SMILES string of the molecule is C=CCNC(=O)CSc1nc(CC)cc(=O)[nH]1. The highest BCUT2D eigenvalue weighted by molar-refractivity contribution is 7.99. The van der Waals surface area contributed by atoms with Gasteiger partial charge in [0.05, 0.1) is 5.75 Å². The molecule has 0 spiro atoms. The van der Waals surface area contributed by atoms with E-state index >= 15 is 0 Å². The third kappa shape index (κ3) is 4.86. The Bertz CT molecular complexity index is 456. The molecular weight excluding hydrogens is 238 g/mol. The number of thioether (sulfide) groups is 1. The van der Waals surface area contributed by atoms with E-state index in [-0.39, 0.29) is 17.2 Å². The summed E-state index contributed by atoms with van der Waals surface area (Å²) in [6.07, 6.45) is 2.31. The fourth-order valence-corrected chi connectivity index (χ4v) is 1.83. The minimum atomic E-state index is -0.189. The third-order valence-corrected chi connectivity index (χ3v) is 2.79. The lowest BCUT2D eigenvalue weighted by atomic mass is 10.3. The van der Waals surface area contributed by atoms with Gasteiger partial charge in [0.25, 0.3) is 5.56 Å². The number of amides is 1. The molecule has 0 saturated carbocycles. The van der Waals surface area contributed by atoms with Crippen molar-refractivity contribution in [3.8, 4) is 0 Å². The van der Waals surface area contributed by atoms with Crippen molar-refractivity contribution < 1.29 is 4.79 Å². The van der Waals surface area contributed by atoms with Crippen molar-refractivity contribution in [2.24, 2.45) is 0 Å². The number of nitrogens with zero attached hydrogens (tertiary/aromatic N) is 1. The van der Waals surface area contributed by atoms with Gasteiger partial charge in [-0.3, -0.25) is 9.59 Å². The van der Waals surface area contributed by atoms with Crippen LogP contribution in [-0.4, -0.2) is 28.2 Å². The zero-order valence-corrected chi connectivity index (χ0v) is 10.5. The van der Waals surface area contributed by atoms with Crippen LogP contribution >= 0.6 is 11.8 Å². The zero-order chi connectivity index (χ0) is 12.7. The Balaban J connectivity index is 2.56. The van der Waals surface area contributed by atoms with Crippen LogP contribution in [-0.2, 0) is 11.2 Å². The fraction of sp³-hybridized carbons (Fsp3) is 0.364. The van der Waals surface area contributed by atoms with E-state index in [9.17, 15) is 9.59 Å². The number of aromatic amines is 1. The maximum absolute atomic E-state index is 11.3. The summed E-state index contributed by atoms with van der Waals surface area (Å²) >= 11 is 1.21. The lowest BCUT2D eigenvalue weighted by Gasteiger charge is -2.03. The quantitative estimate of drug-likeness (QED) is 0.445. The lowest BCUT2D eigenvalue weighted by Crippen LogP contribution is -2.25. The molecule has 0 radical (unpaired) electrons. The van der Waals surface area contributed by atoms with Crippen molar-refractivity contribution in [1.82, 2.24) is 15.3 Å². The average Bonchev–Trinajstić information content (AvgIpc) is 2.33. The van der Waals surface area contributed by atoms with Gasteiger partial charge in [-0.1, -0.05) is 24.8 Å². The summed E-state index contributed by atoms with van der Waals surface area (Å²) in [5, 5.41) is 3.12. The van der Waals surface area contributed by atoms with E-state index in [1.165, 1.54) is 17.8 Å². The number of hydrogen-bond acceptors (Lipinski definition) is 4. The van der Waals surface area contributed by atoms with Crippen LogP contribution in [0.5, 0.6) is 0 Å². The van der Waals surface area contributed by atoms with Crippen LogP contribution in [0.1, 0.15) is 12.6 Å². The van der Waals surface area contributed by atoms with Crippen molar-refractivity contribution in [3.05, 3.63) is 34.8 Å². The number of carbonyl (C=O) groups is 1. The van der Waals surface area contributed by atoms with Crippen molar-refractivity contribution in [3.63, 3.8) is 0 Å². The molecule has 0 bridgehead atoms. The number of hydrogen-bond donors (Lipinski definition) is 2. The summed E-state index contributed by atoms with van der Waals surface area (Å²) in [4.78, 5) is 29.4. The van der Waals surface area contributed by atoms with E-state index in [2.05, 4.69) is 21.9 Å². The molecule has 1 aromatic rings. The van der Waals surface area contributed by atoms with Crippen molar-refractivity contribution in [2.75, 3.05) is 12.3 Å². The molecule has 0 aliphatic carbocycles. The first-order valence-electron chi connectivity index (χ1n) is 5.26. The molecule has 0 aliphatic rings. The van der Waals surface area contributed by atoms with Crippen molar-refractivity contribution in [2.45, 2.75) is 18.5 Å². The summed E-state index contributed by atoms with van der Waals surface area (Å²) in [6, 6.07) is 1.46. The maximum atomic E-state index is 11.3. The van der Waals surface area contributed by atoms with Crippen LogP contribution < -0.4 is 10.9 Å². The number of aryl methyl sites for hydroxylation is 1. The van der Waals surface area contributed by atoms with Gasteiger partial charge in [-0.05, 0) is 6.42 Å². The fourth-order valence-electron chi connectivity index (χ4n) is 1.10. The predicted molar refractivity (Wildman–Crippen MR) is 68.2 cm³/mol. The van der Waals surface area contributed by atoms with E-state index in [1.54, 1.807) is 6.08 Å². The summed E-state index contributed by atoms with van der Waals surface area (Å²) in [7, 11) is 0. The van der Waals surface area contributed by atoms with Crippen molar-refractivity contribution in [1.29, 1.82) is 0 Å². The Morgan fingerprint density at radius 2 is 2.47 bits per heavy atom. The van der Waals surface area contributed by atoms with Crippen LogP contribution in [0.25, 0.3) is 0 Å². The zero-order valence-electron chi connectivity index (χ0n) is 9.66. The Kier molecular flexibility index (Phi) is 5.48. The Morgan fingerprint density at radius 3 is 3.12 bits per heavy atom. The largest absolute Gasteiger partial charge is 0.352 e. The topological polar surface area (TPSA) is 74.8 Å². The molecule has 1 rings (SSSR count). The Hall–Kier alpha value is -1.56. The van der Waals surface area contributed by atoms with Gasteiger partial charge < -0.3 is 10.3 Å². The second kappa shape index (κ2) is 6.90. The molecule has 92 valence electrons. The van der Waals surface area contributed by atoms with Gasteiger partial charge in [-0.15, -0.1) is 6.58 Å². The third-order valence-electron chi connectivity index (χ3n) is 1.92. The van der Waals surface area contributed by atoms with Crippen LogP contribution in [0.15, 0.2) is 28.7 Å². The molecule has 5 nitrogen and oxygen atoms in total. The van der Waals surface area contributed by atoms with Crippen LogP contribution in [0.4, 0.5) is 0 Å². The Morgan fingerprint density at radius 1 is 1.71 bits per heavy atom. The molecule has 0 unspecified atom stereocenters. The molecule has 6 heteroatoms. The molecule has 0 saturated heterocycles. The summed E-state index contributed by atoms with van der Waals surface area (Å²) in [6.45, 7) is 5.87. The van der Waals surface area contributed by atoms with Crippen LogP contribution in [0, 0.1) is 0 Å². The second-order valence-corrected chi connectivity index (χ2v) is 4.24. The second-order valence-electron chi connectivity index (χ2n) is 3.28. The van der Waals surface area contributed by atoms with Gasteiger partial charge in [0.15, 0.2) is 5.16 Å². The van der Waals surface area contributed by atoms with Gasteiger partial charge in [0, 0.05) is 18.3 Å². The molecule has 17 heavy (non-hydrogen) atoms. The molecule has 0 fully saturated rings. The Labute approximate surface area is 104 Å². The van der Waals surface area contributed by atoms with Gasteiger partial charge in [-0.2, -0.15) is 0 Å². The van der Waals surface area contributed by atoms with Gasteiger partial charge in [-0.25, -0.2) is 4.98 Å². The average molecular weight is 253 g/mol. The molecular formula is C11H15N3O2S. The normalized spacial score (nSPS) is 9.94. The lowest BCUT2D eigenvalue weighted by molar-refractivity contribution is -0.118. The smallest absolute Gasteiger partial charge is 0.251 e. The molecule has 1 amide bonds. The van der Waals surface area contributed by atoms with Crippen LogP contribution in [0.2, 0.25) is 0 Å². The highest BCUT2D eigenvalue weighted by atomic mass is 32.2. The van der Waals surface area contributed by atoms with Gasteiger partial charge in [0.1, 0.15) is 0 Å². The summed E-state index contributed by atoms with van der Waals surface area (Å²) < 4.78 is 0. The van der Waals surface area contributed by atoms with Gasteiger partial charge >= 0.3 is 0 Å². The predicted octanol–water partition coefficient (Wildman–Crippen LogP) is 0.727. The maximum Gasteiger partial charge on any atom is 0.251 e. The number of carbonyl (C=O) groups excluding carboxylic acids is 1. The highest BCUT2D eigenvalue weighted by Gasteiger charge is 2.04. The van der Waals surface area contributed by atoms with Gasteiger partial charge in [0.2, 0.25) is 5.91 Å². The van der Waals surface area contributed by atoms with E-state index in [4.69, 9.17) is 0 Å². The molecule has 1 heterocycles.